The van der Waals surface area contributed by atoms with Crippen LogP contribution in [0.2, 0.25) is 0 Å². The molecule has 16 heavy (non-hydrogen) atoms. The molecule has 1 unspecified atom stereocenters. The smallest absolute Gasteiger partial charge is 0.218 e. The van der Waals surface area contributed by atoms with Crippen LogP contribution in [0.25, 0.3) is 0 Å². The summed E-state index contributed by atoms with van der Waals surface area (Å²) in [6.07, 6.45) is 1.12. The fourth-order valence-corrected chi connectivity index (χ4v) is 1.21. The van der Waals surface area contributed by atoms with Gasteiger partial charge in [-0.25, -0.2) is 9.37 Å². The van der Waals surface area contributed by atoms with Crippen LogP contribution >= 0.6 is 24.8 Å². The average molecular weight is 271 g/mol. The van der Waals surface area contributed by atoms with E-state index in [2.05, 4.69) is 4.98 Å². The van der Waals surface area contributed by atoms with Crippen molar-refractivity contribution in [2.45, 2.75) is 19.9 Å². The van der Waals surface area contributed by atoms with E-state index < -0.39 is 5.82 Å². The maximum Gasteiger partial charge on any atom is 0.218 e. The van der Waals surface area contributed by atoms with Crippen molar-refractivity contribution in [3.05, 3.63) is 23.6 Å². The van der Waals surface area contributed by atoms with Gasteiger partial charge in [0.2, 0.25) is 5.88 Å². The average Bonchev–Trinajstić information content (AvgIpc) is 2.16. The van der Waals surface area contributed by atoms with Crippen molar-refractivity contribution in [3.8, 4) is 5.88 Å². The molecule has 0 saturated carbocycles. The molecule has 0 bridgehead atoms. The number of nitrogens with zero attached hydrogens (tertiary/aromatic N) is 1. The van der Waals surface area contributed by atoms with Gasteiger partial charge in [0.15, 0.2) is 0 Å². The van der Waals surface area contributed by atoms with Crippen LogP contribution in [0.1, 0.15) is 25.5 Å². The van der Waals surface area contributed by atoms with Gasteiger partial charge in [0.25, 0.3) is 0 Å². The quantitative estimate of drug-likeness (QED) is 0.919. The second-order valence-electron chi connectivity index (χ2n) is 3.52. The van der Waals surface area contributed by atoms with Gasteiger partial charge in [-0.05, 0) is 12.0 Å². The van der Waals surface area contributed by atoms with Gasteiger partial charge in [-0.2, -0.15) is 0 Å². The Kier molecular flexibility index (Phi) is 8.52. The second-order valence-corrected chi connectivity index (χ2v) is 3.52. The lowest BCUT2D eigenvalue weighted by molar-refractivity contribution is 0.377. The predicted octanol–water partition coefficient (Wildman–Crippen LogP) is 2.73. The molecule has 1 rings (SSSR count). The highest BCUT2D eigenvalue weighted by molar-refractivity contribution is 5.85. The van der Waals surface area contributed by atoms with Gasteiger partial charge in [-0.15, -0.1) is 24.8 Å². The molecule has 0 radical (unpaired) electrons. The molecule has 6 heteroatoms. The number of aromatic nitrogens is 1. The maximum atomic E-state index is 12.9. The Labute approximate surface area is 107 Å². The van der Waals surface area contributed by atoms with Crippen molar-refractivity contribution >= 4 is 24.8 Å². The summed E-state index contributed by atoms with van der Waals surface area (Å²) in [7, 11) is 1.50. The Hall–Kier alpha value is -0.580. The molecule has 3 nitrogen and oxygen atoms in total. The number of hydrogen-bond acceptors (Lipinski definition) is 3. The Balaban J connectivity index is 0. The number of halogens is 3. The first-order valence-electron chi connectivity index (χ1n) is 4.51. The topological polar surface area (TPSA) is 48.1 Å². The van der Waals surface area contributed by atoms with Gasteiger partial charge < -0.3 is 10.5 Å². The van der Waals surface area contributed by atoms with Gasteiger partial charge in [-0.3, -0.25) is 0 Å². The predicted molar refractivity (Wildman–Crippen MR) is 67.0 cm³/mol. The fraction of sp³-hybridized carbons (Fsp3) is 0.500. The van der Waals surface area contributed by atoms with Gasteiger partial charge in [0.05, 0.1) is 13.3 Å². The molecule has 0 fully saturated rings. The summed E-state index contributed by atoms with van der Waals surface area (Å²) in [6, 6.07) is 1.12. The molecule has 1 aromatic rings. The van der Waals surface area contributed by atoms with E-state index in [1.807, 2.05) is 13.8 Å². The normalized spacial score (nSPS) is 11.4. The van der Waals surface area contributed by atoms with Crippen molar-refractivity contribution in [1.82, 2.24) is 4.98 Å². The number of nitrogens with two attached hydrogens (primary N) is 1. The SMILES string of the molecule is COc1ncc(F)cc1C(N)C(C)C.Cl.Cl. The first-order chi connectivity index (χ1) is 6.56. The molecule has 0 saturated heterocycles. The van der Waals surface area contributed by atoms with Crippen molar-refractivity contribution in [2.75, 3.05) is 7.11 Å². The van der Waals surface area contributed by atoms with Crippen LogP contribution in [0, 0.1) is 11.7 Å². The van der Waals surface area contributed by atoms with E-state index in [4.69, 9.17) is 10.5 Å². The summed E-state index contributed by atoms with van der Waals surface area (Å²) in [4.78, 5) is 3.82. The van der Waals surface area contributed by atoms with Crippen LogP contribution in [0.5, 0.6) is 5.88 Å². The molecular weight excluding hydrogens is 254 g/mol. The van der Waals surface area contributed by atoms with Crippen LogP contribution in [-0.4, -0.2) is 12.1 Å². The number of ether oxygens (including phenoxy) is 1. The van der Waals surface area contributed by atoms with E-state index in [9.17, 15) is 4.39 Å². The van der Waals surface area contributed by atoms with Gasteiger partial charge >= 0.3 is 0 Å². The Morgan fingerprint density at radius 1 is 1.38 bits per heavy atom. The van der Waals surface area contributed by atoms with E-state index in [1.54, 1.807) is 0 Å². The third-order valence-electron chi connectivity index (χ3n) is 2.12. The lowest BCUT2D eigenvalue weighted by Crippen LogP contribution is -2.18. The third-order valence-corrected chi connectivity index (χ3v) is 2.12. The van der Waals surface area contributed by atoms with Crippen LogP contribution < -0.4 is 10.5 Å². The molecular formula is C10H17Cl2FN2O. The van der Waals surface area contributed by atoms with Gasteiger partial charge in [0.1, 0.15) is 5.82 Å². The van der Waals surface area contributed by atoms with Crippen molar-refractivity contribution < 1.29 is 9.13 Å². The molecule has 1 atom stereocenters. The van der Waals surface area contributed by atoms with Gasteiger partial charge in [0, 0.05) is 11.6 Å². The summed E-state index contributed by atoms with van der Waals surface area (Å²) in [6.45, 7) is 3.93. The molecule has 0 aliphatic rings. The number of pyridine rings is 1. The third kappa shape index (κ3) is 4.12. The molecule has 1 aromatic heterocycles. The van der Waals surface area contributed by atoms with Crippen LogP contribution in [0.3, 0.4) is 0 Å². The molecule has 0 amide bonds. The molecule has 94 valence electrons. The van der Waals surface area contributed by atoms with Crippen LogP contribution in [0.4, 0.5) is 4.39 Å². The minimum atomic E-state index is -0.392. The molecule has 0 aromatic carbocycles. The lowest BCUT2D eigenvalue weighted by atomic mass is 9.98. The van der Waals surface area contributed by atoms with Crippen molar-refractivity contribution in [3.63, 3.8) is 0 Å². The molecule has 1 heterocycles. The second kappa shape index (κ2) is 7.65. The number of rotatable bonds is 3. The molecule has 2 N–H and O–H groups in total. The number of methoxy groups -OCH3 is 1. The summed E-state index contributed by atoms with van der Waals surface area (Å²) in [5.74, 6) is 0.219. The highest BCUT2D eigenvalue weighted by Gasteiger charge is 2.17. The zero-order valence-electron chi connectivity index (χ0n) is 9.44. The highest BCUT2D eigenvalue weighted by Crippen LogP contribution is 2.26. The Bertz CT molecular complexity index is 324. The Morgan fingerprint density at radius 3 is 2.38 bits per heavy atom. The summed E-state index contributed by atoms with van der Waals surface area (Å²) in [5.41, 5.74) is 6.51. The van der Waals surface area contributed by atoms with E-state index in [1.165, 1.54) is 13.2 Å². The first kappa shape index (κ1) is 17.8. The monoisotopic (exact) mass is 270 g/mol. The van der Waals surface area contributed by atoms with E-state index in [0.717, 1.165) is 6.20 Å². The first-order valence-corrected chi connectivity index (χ1v) is 4.51. The highest BCUT2D eigenvalue weighted by atomic mass is 35.5. The van der Waals surface area contributed by atoms with E-state index >= 15 is 0 Å². The summed E-state index contributed by atoms with van der Waals surface area (Å²) in [5, 5.41) is 0. The minimum Gasteiger partial charge on any atom is -0.481 e. The zero-order chi connectivity index (χ0) is 10.7. The van der Waals surface area contributed by atoms with Crippen molar-refractivity contribution in [2.24, 2.45) is 11.7 Å². The van der Waals surface area contributed by atoms with Gasteiger partial charge in [-0.1, -0.05) is 13.8 Å². The molecule has 0 aliphatic heterocycles. The summed E-state index contributed by atoms with van der Waals surface area (Å²) >= 11 is 0. The van der Waals surface area contributed by atoms with Crippen LogP contribution in [-0.2, 0) is 0 Å². The lowest BCUT2D eigenvalue weighted by Gasteiger charge is -2.17. The largest absolute Gasteiger partial charge is 0.481 e. The maximum absolute atomic E-state index is 12.9. The summed E-state index contributed by atoms with van der Waals surface area (Å²) < 4.78 is 17.9. The molecule has 0 spiro atoms. The van der Waals surface area contributed by atoms with E-state index in [-0.39, 0.29) is 36.8 Å². The fourth-order valence-electron chi connectivity index (χ4n) is 1.21. The minimum absolute atomic E-state index is 0. The number of hydrogen-bond donors (Lipinski definition) is 1. The van der Waals surface area contributed by atoms with Crippen molar-refractivity contribution in [1.29, 1.82) is 0 Å². The van der Waals surface area contributed by atoms with Crippen LogP contribution in [0.15, 0.2) is 12.3 Å². The Morgan fingerprint density at radius 2 is 1.94 bits per heavy atom. The zero-order valence-corrected chi connectivity index (χ0v) is 11.1. The molecule has 0 aliphatic carbocycles. The van der Waals surface area contributed by atoms with E-state index in [0.29, 0.717) is 11.4 Å². The standard InChI is InChI=1S/C10H15FN2O.2ClH/c1-6(2)9(12)8-4-7(11)5-13-10(8)14-3;;/h4-6,9H,12H2,1-3H3;2*1H.